The number of hydrogen-bond donors (Lipinski definition) is 1. The molecule has 0 unspecified atom stereocenters. The molecule has 0 spiro atoms. The van der Waals surface area contributed by atoms with Crippen LogP contribution < -0.4 is 9.62 Å². The monoisotopic (exact) mass is 460 g/mol. The second-order valence-electron chi connectivity index (χ2n) is 9.53. The van der Waals surface area contributed by atoms with Gasteiger partial charge in [0.1, 0.15) is 0 Å². The zero-order chi connectivity index (χ0) is 21.8. The SMILES string of the molecule is CCN(c1ccc(C)cc1)S(=O)(=O)c1nnc(NC(=O)C23CC4CC(CC(C4)C2)C3)s1. The molecule has 1 N–H and O–H groups in total. The van der Waals surface area contributed by atoms with Crippen LogP contribution in [0.3, 0.4) is 0 Å². The highest BCUT2D eigenvalue weighted by Crippen LogP contribution is 2.60. The van der Waals surface area contributed by atoms with Gasteiger partial charge in [0.05, 0.1) is 11.1 Å². The lowest BCUT2D eigenvalue weighted by molar-refractivity contribution is -0.140. The first-order chi connectivity index (χ1) is 14.8. The van der Waals surface area contributed by atoms with E-state index in [-0.39, 0.29) is 27.3 Å². The minimum Gasteiger partial charge on any atom is -0.300 e. The van der Waals surface area contributed by atoms with Gasteiger partial charge < -0.3 is 5.32 Å². The molecule has 7 nitrogen and oxygen atoms in total. The van der Waals surface area contributed by atoms with Gasteiger partial charge in [0, 0.05) is 6.54 Å². The summed E-state index contributed by atoms with van der Waals surface area (Å²) in [6.07, 6.45) is 6.64. The highest BCUT2D eigenvalue weighted by atomic mass is 32.2. The summed E-state index contributed by atoms with van der Waals surface area (Å²) >= 11 is 0.930. The lowest BCUT2D eigenvalue weighted by Crippen LogP contribution is -2.51. The van der Waals surface area contributed by atoms with Gasteiger partial charge in [-0.3, -0.25) is 9.10 Å². The zero-order valence-corrected chi connectivity index (χ0v) is 19.5. The van der Waals surface area contributed by atoms with Crippen LogP contribution in [0.25, 0.3) is 0 Å². The van der Waals surface area contributed by atoms with Crippen molar-refractivity contribution in [3.8, 4) is 0 Å². The topological polar surface area (TPSA) is 92.3 Å². The molecule has 0 saturated heterocycles. The van der Waals surface area contributed by atoms with Crippen LogP contribution in [0.2, 0.25) is 0 Å². The van der Waals surface area contributed by atoms with E-state index in [2.05, 4.69) is 15.5 Å². The third-order valence-electron chi connectivity index (χ3n) is 7.27. The molecule has 31 heavy (non-hydrogen) atoms. The van der Waals surface area contributed by atoms with Crippen molar-refractivity contribution in [3.63, 3.8) is 0 Å². The number of benzene rings is 1. The van der Waals surface area contributed by atoms with Crippen LogP contribution in [-0.2, 0) is 14.8 Å². The highest BCUT2D eigenvalue weighted by molar-refractivity contribution is 7.94. The van der Waals surface area contributed by atoms with Gasteiger partial charge in [-0.25, -0.2) is 0 Å². The van der Waals surface area contributed by atoms with Crippen molar-refractivity contribution in [2.24, 2.45) is 23.2 Å². The van der Waals surface area contributed by atoms with Crippen LogP contribution in [-0.4, -0.2) is 31.1 Å². The molecule has 4 fully saturated rings. The molecular formula is C22H28N4O3S2. The standard InChI is InChI=1S/C22H28N4O3S2/c1-3-26(18-6-4-14(2)5-7-18)31(28,29)21-25-24-20(30-21)23-19(27)22-11-15-8-16(12-22)10-17(9-15)13-22/h4-7,15-17H,3,8-13H2,1-2H3,(H,23,24,27). The minimum absolute atomic E-state index is 0.00224. The summed E-state index contributed by atoms with van der Waals surface area (Å²) < 4.78 is 27.6. The largest absolute Gasteiger partial charge is 0.300 e. The number of hydrogen-bond acceptors (Lipinski definition) is 6. The molecule has 1 aromatic heterocycles. The van der Waals surface area contributed by atoms with Gasteiger partial charge in [0.2, 0.25) is 11.0 Å². The molecular weight excluding hydrogens is 432 g/mol. The van der Waals surface area contributed by atoms with E-state index in [9.17, 15) is 13.2 Å². The maximum atomic E-state index is 13.2. The summed E-state index contributed by atoms with van der Waals surface area (Å²) in [5.41, 5.74) is 1.34. The summed E-state index contributed by atoms with van der Waals surface area (Å²) in [7, 11) is -3.85. The van der Waals surface area contributed by atoms with Crippen LogP contribution in [0.5, 0.6) is 0 Å². The van der Waals surface area contributed by atoms with Gasteiger partial charge in [0.15, 0.2) is 0 Å². The van der Waals surface area contributed by atoms with E-state index in [1.165, 1.54) is 23.6 Å². The van der Waals surface area contributed by atoms with Crippen molar-refractivity contribution in [1.82, 2.24) is 10.2 Å². The van der Waals surface area contributed by atoms with E-state index in [1.54, 1.807) is 19.1 Å². The average Bonchev–Trinajstić information content (AvgIpc) is 3.18. The molecule has 0 radical (unpaired) electrons. The summed E-state index contributed by atoms with van der Waals surface area (Å²) in [6, 6.07) is 7.33. The Hall–Kier alpha value is -2.00. The predicted octanol–water partition coefficient (Wildman–Crippen LogP) is 4.22. The Balaban J connectivity index is 1.35. The summed E-state index contributed by atoms with van der Waals surface area (Å²) in [5.74, 6) is 1.98. The number of sulfonamides is 1. The van der Waals surface area contributed by atoms with Gasteiger partial charge in [-0.2, -0.15) is 8.42 Å². The quantitative estimate of drug-likeness (QED) is 0.652. The molecule has 1 heterocycles. The first-order valence-corrected chi connectivity index (χ1v) is 13.3. The number of rotatable bonds is 6. The van der Waals surface area contributed by atoms with E-state index < -0.39 is 10.0 Å². The number of aryl methyl sites for hydroxylation is 1. The molecule has 4 saturated carbocycles. The number of nitrogens with one attached hydrogen (secondary N) is 1. The number of nitrogens with zero attached hydrogens (tertiary/aromatic N) is 3. The second-order valence-corrected chi connectivity index (χ2v) is 12.5. The molecule has 6 rings (SSSR count). The predicted molar refractivity (Wildman–Crippen MR) is 121 cm³/mol. The van der Waals surface area contributed by atoms with Gasteiger partial charge in [-0.05, 0) is 82.3 Å². The molecule has 4 aliphatic carbocycles. The number of carbonyl (C=O) groups excluding carboxylic acids is 1. The normalized spacial score (nSPS) is 29.2. The maximum absolute atomic E-state index is 13.2. The lowest BCUT2D eigenvalue weighted by Gasteiger charge is -2.55. The maximum Gasteiger partial charge on any atom is 0.293 e. The van der Waals surface area contributed by atoms with E-state index in [4.69, 9.17) is 0 Å². The van der Waals surface area contributed by atoms with E-state index in [1.807, 2.05) is 19.1 Å². The molecule has 4 bridgehead atoms. The molecule has 9 heteroatoms. The third kappa shape index (κ3) is 3.65. The van der Waals surface area contributed by atoms with Gasteiger partial charge >= 0.3 is 0 Å². The smallest absolute Gasteiger partial charge is 0.293 e. The molecule has 0 aliphatic heterocycles. The molecule has 0 atom stereocenters. The number of aromatic nitrogens is 2. The highest BCUT2D eigenvalue weighted by Gasteiger charge is 2.54. The Morgan fingerprint density at radius 3 is 2.23 bits per heavy atom. The van der Waals surface area contributed by atoms with Gasteiger partial charge in [0.25, 0.3) is 14.4 Å². The first kappa shape index (κ1) is 20.9. The number of anilines is 2. The summed E-state index contributed by atoms with van der Waals surface area (Å²) in [4.78, 5) is 13.2. The van der Waals surface area contributed by atoms with Crippen LogP contribution in [0.4, 0.5) is 10.8 Å². The van der Waals surface area contributed by atoms with Crippen molar-refractivity contribution in [3.05, 3.63) is 29.8 Å². The Bertz CT molecular complexity index is 1060. The average molecular weight is 461 g/mol. The molecule has 166 valence electrons. The van der Waals surface area contributed by atoms with Crippen molar-refractivity contribution in [2.45, 2.75) is 56.7 Å². The Morgan fingerprint density at radius 1 is 1.10 bits per heavy atom. The number of carbonyl (C=O) groups is 1. The fourth-order valence-corrected chi connectivity index (χ4v) is 8.75. The van der Waals surface area contributed by atoms with E-state index in [0.29, 0.717) is 23.4 Å². The second kappa shape index (κ2) is 7.55. The van der Waals surface area contributed by atoms with Crippen LogP contribution in [0, 0.1) is 30.1 Å². The minimum atomic E-state index is -3.85. The lowest BCUT2D eigenvalue weighted by atomic mass is 9.49. The fourth-order valence-electron chi connectivity index (χ4n) is 6.28. The Kier molecular flexibility index (Phi) is 5.08. The molecule has 2 aromatic rings. The van der Waals surface area contributed by atoms with Crippen LogP contribution >= 0.6 is 11.3 Å². The molecule has 1 aromatic carbocycles. The molecule has 4 aliphatic rings. The van der Waals surface area contributed by atoms with Crippen LogP contribution in [0.15, 0.2) is 28.6 Å². The third-order valence-corrected chi connectivity index (χ3v) is 10.4. The van der Waals surface area contributed by atoms with Crippen molar-refractivity contribution < 1.29 is 13.2 Å². The van der Waals surface area contributed by atoms with Crippen molar-refractivity contribution >= 4 is 38.1 Å². The molecule has 1 amide bonds. The number of amides is 1. The van der Waals surface area contributed by atoms with Gasteiger partial charge in [-0.1, -0.05) is 29.0 Å². The fraction of sp³-hybridized carbons (Fsp3) is 0.591. The Labute approximate surface area is 187 Å². The van der Waals surface area contributed by atoms with E-state index >= 15 is 0 Å². The van der Waals surface area contributed by atoms with Gasteiger partial charge in [-0.15, -0.1) is 10.2 Å². The Morgan fingerprint density at radius 2 is 1.68 bits per heavy atom. The van der Waals surface area contributed by atoms with E-state index in [0.717, 1.165) is 36.2 Å². The first-order valence-electron chi connectivity index (χ1n) is 11.0. The van der Waals surface area contributed by atoms with Crippen molar-refractivity contribution in [2.75, 3.05) is 16.2 Å². The summed E-state index contributed by atoms with van der Waals surface area (Å²) in [6.45, 7) is 4.02. The summed E-state index contributed by atoms with van der Waals surface area (Å²) in [5, 5.41) is 11.1. The zero-order valence-electron chi connectivity index (χ0n) is 17.9. The van der Waals surface area contributed by atoms with Crippen molar-refractivity contribution in [1.29, 1.82) is 0 Å². The van der Waals surface area contributed by atoms with Crippen LogP contribution in [0.1, 0.15) is 51.0 Å².